The highest BCUT2D eigenvalue weighted by molar-refractivity contribution is 5.99. The summed E-state index contributed by atoms with van der Waals surface area (Å²) < 4.78 is 1.82. The molecule has 3 amide bonds. The van der Waals surface area contributed by atoms with Crippen molar-refractivity contribution in [3.63, 3.8) is 0 Å². The molecule has 1 aliphatic carbocycles. The highest BCUT2D eigenvalue weighted by atomic mass is 16.2. The van der Waals surface area contributed by atoms with Gasteiger partial charge in [0.2, 0.25) is 0 Å². The van der Waals surface area contributed by atoms with E-state index in [0.29, 0.717) is 23.8 Å². The number of amides is 3. The third-order valence-corrected chi connectivity index (χ3v) is 5.51. The number of rotatable bonds is 6. The van der Waals surface area contributed by atoms with Crippen molar-refractivity contribution in [3.05, 3.63) is 77.1 Å². The van der Waals surface area contributed by atoms with Gasteiger partial charge in [-0.25, -0.2) is 4.79 Å². The highest BCUT2D eigenvalue weighted by Gasteiger charge is 2.31. The molecule has 3 aromatic rings. The van der Waals surface area contributed by atoms with Gasteiger partial charge in [0.25, 0.3) is 5.91 Å². The van der Waals surface area contributed by atoms with Crippen LogP contribution in [-0.4, -0.2) is 21.7 Å². The van der Waals surface area contributed by atoms with Gasteiger partial charge in [0, 0.05) is 23.8 Å². The minimum atomic E-state index is -0.316. The lowest BCUT2D eigenvalue weighted by Gasteiger charge is -2.22. The number of carbonyl (C=O) groups excluding carboxylic acids is 2. The molecule has 172 valence electrons. The van der Waals surface area contributed by atoms with Gasteiger partial charge in [-0.3, -0.25) is 9.48 Å². The Balaban J connectivity index is 1.39. The first-order valence-corrected chi connectivity index (χ1v) is 11.3. The molecule has 7 heteroatoms. The first kappa shape index (κ1) is 22.6. The summed E-state index contributed by atoms with van der Waals surface area (Å²) in [4.78, 5) is 25.3. The number of aryl methyl sites for hydroxylation is 1. The number of nitrogens with zero attached hydrogens (tertiary/aromatic N) is 2. The average Bonchev–Trinajstić information content (AvgIpc) is 3.49. The van der Waals surface area contributed by atoms with Crippen molar-refractivity contribution < 1.29 is 9.59 Å². The van der Waals surface area contributed by atoms with E-state index in [1.165, 1.54) is 0 Å². The number of anilines is 2. The maximum atomic E-state index is 13.0. The number of nitrogens with one attached hydrogen (secondary N) is 3. The molecule has 1 saturated carbocycles. The standard InChI is InChI=1S/C26H31N5O2/c1-17-7-5-9-20(13-17)28-25(33)29-21-10-6-8-18(14-21)16-27-24(32)23-15-22(19-11-12-19)30-31(23)26(2,3)4/h5-10,13-15,19H,11-12,16H2,1-4H3,(H,27,32)(H2,28,29,33). The van der Waals surface area contributed by atoms with Crippen LogP contribution in [0.1, 0.15) is 66.8 Å². The minimum absolute atomic E-state index is 0.153. The predicted molar refractivity (Wildman–Crippen MR) is 131 cm³/mol. The number of hydrogen-bond acceptors (Lipinski definition) is 3. The maximum absolute atomic E-state index is 13.0. The topological polar surface area (TPSA) is 88.1 Å². The van der Waals surface area contributed by atoms with Crippen LogP contribution in [0.2, 0.25) is 0 Å². The van der Waals surface area contributed by atoms with Crippen LogP contribution in [0.25, 0.3) is 0 Å². The molecule has 1 aliphatic rings. The Morgan fingerprint density at radius 1 is 1.00 bits per heavy atom. The average molecular weight is 446 g/mol. The fourth-order valence-corrected chi connectivity index (χ4v) is 3.70. The Bertz CT molecular complexity index is 1170. The molecule has 0 unspecified atom stereocenters. The predicted octanol–water partition coefficient (Wildman–Crippen LogP) is 5.40. The van der Waals surface area contributed by atoms with Crippen molar-refractivity contribution in [1.29, 1.82) is 0 Å². The molecule has 1 fully saturated rings. The monoisotopic (exact) mass is 445 g/mol. The number of aromatic nitrogens is 2. The van der Waals surface area contributed by atoms with Crippen LogP contribution < -0.4 is 16.0 Å². The van der Waals surface area contributed by atoms with E-state index in [2.05, 4.69) is 16.0 Å². The molecule has 4 rings (SSSR count). The summed E-state index contributed by atoms with van der Waals surface area (Å²) in [7, 11) is 0. The molecule has 0 aliphatic heterocycles. The molecule has 0 saturated heterocycles. The quantitative estimate of drug-likeness (QED) is 0.475. The Morgan fingerprint density at radius 3 is 2.30 bits per heavy atom. The lowest BCUT2D eigenvalue weighted by atomic mass is 10.1. The Labute approximate surface area is 194 Å². The molecule has 1 heterocycles. The van der Waals surface area contributed by atoms with E-state index in [4.69, 9.17) is 5.10 Å². The van der Waals surface area contributed by atoms with Gasteiger partial charge in [0.1, 0.15) is 5.69 Å². The zero-order valence-electron chi connectivity index (χ0n) is 19.6. The Hall–Kier alpha value is -3.61. The second-order valence-electron chi connectivity index (χ2n) is 9.64. The molecular weight excluding hydrogens is 414 g/mol. The van der Waals surface area contributed by atoms with Gasteiger partial charge in [-0.1, -0.05) is 24.3 Å². The van der Waals surface area contributed by atoms with E-state index in [9.17, 15) is 9.59 Å². The smallest absolute Gasteiger partial charge is 0.323 e. The van der Waals surface area contributed by atoms with E-state index in [-0.39, 0.29) is 17.5 Å². The Morgan fingerprint density at radius 2 is 1.67 bits per heavy atom. The van der Waals surface area contributed by atoms with Gasteiger partial charge in [0.05, 0.1) is 11.2 Å². The second-order valence-corrected chi connectivity index (χ2v) is 9.64. The van der Waals surface area contributed by atoms with Crippen LogP contribution >= 0.6 is 0 Å². The van der Waals surface area contributed by atoms with Crippen molar-refractivity contribution in [2.24, 2.45) is 0 Å². The first-order chi connectivity index (χ1) is 15.7. The fourth-order valence-electron chi connectivity index (χ4n) is 3.70. The molecule has 33 heavy (non-hydrogen) atoms. The number of urea groups is 1. The van der Waals surface area contributed by atoms with Gasteiger partial charge < -0.3 is 16.0 Å². The second kappa shape index (κ2) is 9.10. The number of hydrogen-bond donors (Lipinski definition) is 3. The minimum Gasteiger partial charge on any atom is -0.347 e. The summed E-state index contributed by atoms with van der Waals surface area (Å²) in [6.45, 7) is 8.46. The summed E-state index contributed by atoms with van der Waals surface area (Å²) in [5.41, 5.74) is 4.65. The van der Waals surface area contributed by atoms with Gasteiger partial charge >= 0.3 is 6.03 Å². The third kappa shape index (κ3) is 5.80. The lowest BCUT2D eigenvalue weighted by Crippen LogP contribution is -2.32. The summed E-state index contributed by atoms with van der Waals surface area (Å²) in [6, 6.07) is 16.7. The SMILES string of the molecule is Cc1cccc(NC(=O)Nc2cccc(CNC(=O)c3cc(C4CC4)nn3C(C)(C)C)c2)c1. The summed E-state index contributed by atoms with van der Waals surface area (Å²) in [5.74, 6) is 0.328. The molecule has 0 bridgehead atoms. The summed E-state index contributed by atoms with van der Waals surface area (Å²) in [5, 5.41) is 13.4. The van der Waals surface area contributed by atoms with Crippen molar-refractivity contribution in [3.8, 4) is 0 Å². The van der Waals surface area contributed by atoms with Crippen molar-refractivity contribution in [1.82, 2.24) is 15.1 Å². The van der Waals surface area contributed by atoms with E-state index in [1.54, 1.807) is 0 Å². The van der Waals surface area contributed by atoms with Crippen LogP contribution in [0, 0.1) is 6.92 Å². The summed E-state index contributed by atoms with van der Waals surface area (Å²) in [6.07, 6.45) is 2.28. The summed E-state index contributed by atoms with van der Waals surface area (Å²) >= 11 is 0. The van der Waals surface area contributed by atoms with Crippen molar-refractivity contribution in [2.45, 2.75) is 58.5 Å². The maximum Gasteiger partial charge on any atom is 0.323 e. The van der Waals surface area contributed by atoms with E-state index in [0.717, 1.165) is 35.3 Å². The van der Waals surface area contributed by atoms with Gasteiger partial charge in [0.15, 0.2) is 0 Å². The first-order valence-electron chi connectivity index (χ1n) is 11.3. The molecule has 7 nitrogen and oxygen atoms in total. The number of carbonyl (C=O) groups is 2. The van der Waals surface area contributed by atoms with Crippen LogP contribution in [0.15, 0.2) is 54.6 Å². The van der Waals surface area contributed by atoms with Crippen molar-refractivity contribution in [2.75, 3.05) is 10.6 Å². The molecule has 0 atom stereocenters. The molecule has 3 N–H and O–H groups in total. The normalized spacial score (nSPS) is 13.5. The van der Waals surface area contributed by atoms with Crippen LogP contribution in [-0.2, 0) is 12.1 Å². The van der Waals surface area contributed by atoms with Crippen LogP contribution in [0.3, 0.4) is 0 Å². The zero-order valence-corrected chi connectivity index (χ0v) is 19.6. The molecule has 0 spiro atoms. The van der Waals surface area contributed by atoms with E-state index < -0.39 is 0 Å². The highest BCUT2D eigenvalue weighted by Crippen LogP contribution is 2.40. The Kier molecular flexibility index (Phi) is 6.22. The van der Waals surface area contributed by atoms with Gasteiger partial charge in [-0.05, 0) is 82.0 Å². The molecule has 2 aromatic carbocycles. The fraction of sp³-hybridized carbons (Fsp3) is 0.346. The largest absolute Gasteiger partial charge is 0.347 e. The molecule has 1 aromatic heterocycles. The molecule has 0 radical (unpaired) electrons. The van der Waals surface area contributed by atoms with Gasteiger partial charge in [-0.2, -0.15) is 5.10 Å². The van der Waals surface area contributed by atoms with Crippen molar-refractivity contribution >= 4 is 23.3 Å². The van der Waals surface area contributed by atoms with Gasteiger partial charge in [-0.15, -0.1) is 0 Å². The van der Waals surface area contributed by atoms with E-state index in [1.807, 2.05) is 87.0 Å². The third-order valence-electron chi connectivity index (χ3n) is 5.51. The zero-order chi connectivity index (χ0) is 23.6. The molecular formula is C26H31N5O2. The number of benzene rings is 2. The lowest BCUT2D eigenvalue weighted by molar-refractivity contribution is 0.0932. The van der Waals surface area contributed by atoms with Crippen LogP contribution in [0.4, 0.5) is 16.2 Å². The van der Waals surface area contributed by atoms with E-state index >= 15 is 0 Å². The van der Waals surface area contributed by atoms with Crippen LogP contribution in [0.5, 0.6) is 0 Å².